The lowest BCUT2D eigenvalue weighted by molar-refractivity contribution is -0.114. The number of amides is 1. The van der Waals surface area contributed by atoms with E-state index in [1.807, 2.05) is 0 Å². The van der Waals surface area contributed by atoms with E-state index in [0.717, 1.165) is 0 Å². The molecule has 1 aromatic carbocycles. The van der Waals surface area contributed by atoms with Crippen LogP contribution >= 0.6 is 0 Å². The Labute approximate surface area is 134 Å². The van der Waals surface area contributed by atoms with Crippen LogP contribution in [0.3, 0.4) is 0 Å². The first kappa shape index (κ1) is 16.9. The molecule has 0 saturated carbocycles. The summed E-state index contributed by atoms with van der Waals surface area (Å²) in [5.74, 6) is -0.104. The highest BCUT2D eigenvalue weighted by atomic mass is 32.2. The lowest BCUT2D eigenvalue weighted by atomic mass is 10.3. The van der Waals surface area contributed by atoms with Gasteiger partial charge >= 0.3 is 0 Å². The fourth-order valence-corrected chi connectivity index (χ4v) is 3.11. The molecule has 0 radical (unpaired) electrons. The monoisotopic (exact) mass is 335 g/mol. The third-order valence-corrected chi connectivity index (χ3v) is 4.37. The number of nitrogens with one attached hydrogen (secondary N) is 2. The van der Waals surface area contributed by atoms with Gasteiger partial charge in [0.2, 0.25) is 15.9 Å². The molecule has 0 aliphatic rings. The highest BCUT2D eigenvalue weighted by Crippen LogP contribution is 2.27. The van der Waals surface area contributed by atoms with Gasteiger partial charge in [0.1, 0.15) is 10.6 Å². The van der Waals surface area contributed by atoms with Gasteiger partial charge in [-0.3, -0.25) is 9.78 Å². The molecule has 2 aromatic rings. The zero-order chi connectivity index (χ0) is 16.9. The van der Waals surface area contributed by atoms with Crippen molar-refractivity contribution in [1.29, 1.82) is 0 Å². The molecule has 8 heteroatoms. The van der Waals surface area contributed by atoms with Crippen LogP contribution < -0.4 is 14.8 Å². The van der Waals surface area contributed by atoms with Gasteiger partial charge in [-0.15, -0.1) is 0 Å². The number of pyridine rings is 1. The number of rotatable bonds is 6. The van der Waals surface area contributed by atoms with Crippen molar-refractivity contribution in [3.05, 3.63) is 48.3 Å². The summed E-state index contributed by atoms with van der Waals surface area (Å²) in [5.41, 5.74) is 0.963. The van der Waals surface area contributed by atoms with Gasteiger partial charge in [-0.05, 0) is 30.3 Å². The van der Waals surface area contributed by atoms with Gasteiger partial charge in [0, 0.05) is 18.8 Å². The molecule has 1 aromatic heterocycles. The minimum Gasteiger partial charge on any atom is -0.495 e. The molecule has 23 heavy (non-hydrogen) atoms. The summed E-state index contributed by atoms with van der Waals surface area (Å²) in [7, 11) is -2.45. The fourth-order valence-electron chi connectivity index (χ4n) is 1.92. The molecule has 0 aliphatic heterocycles. The maximum absolute atomic E-state index is 12.5. The van der Waals surface area contributed by atoms with Gasteiger partial charge in [-0.25, -0.2) is 13.1 Å². The van der Waals surface area contributed by atoms with Gasteiger partial charge in [-0.2, -0.15) is 0 Å². The largest absolute Gasteiger partial charge is 0.495 e. The maximum Gasteiger partial charge on any atom is 0.244 e. The number of methoxy groups -OCH3 is 1. The van der Waals surface area contributed by atoms with Gasteiger partial charge in [-0.1, -0.05) is 6.07 Å². The average Bonchev–Trinajstić information content (AvgIpc) is 2.53. The molecule has 7 nitrogen and oxygen atoms in total. The van der Waals surface area contributed by atoms with Crippen molar-refractivity contribution in [3.63, 3.8) is 0 Å². The Morgan fingerprint density at radius 3 is 2.65 bits per heavy atom. The van der Waals surface area contributed by atoms with Gasteiger partial charge in [0.15, 0.2) is 0 Å². The van der Waals surface area contributed by atoms with Crippen LogP contribution in [0.4, 0.5) is 5.69 Å². The van der Waals surface area contributed by atoms with Crippen molar-refractivity contribution in [3.8, 4) is 5.75 Å². The van der Waals surface area contributed by atoms with E-state index in [2.05, 4.69) is 15.0 Å². The number of anilines is 1. The molecule has 0 spiro atoms. The van der Waals surface area contributed by atoms with Crippen molar-refractivity contribution < 1.29 is 17.9 Å². The standard InChI is InChI=1S/C15H17N3O4S/c1-11(19)18-12-6-7-14(22-2)15(9-12)23(20,21)17-10-13-5-3-4-8-16-13/h3-9,17H,10H2,1-2H3,(H,18,19). The number of hydrogen-bond acceptors (Lipinski definition) is 5. The molecule has 0 fully saturated rings. The van der Waals surface area contributed by atoms with E-state index >= 15 is 0 Å². The van der Waals surface area contributed by atoms with Crippen LogP contribution in [0.15, 0.2) is 47.5 Å². The molecule has 122 valence electrons. The molecule has 0 aliphatic carbocycles. The molecule has 1 heterocycles. The van der Waals surface area contributed by atoms with Crippen LogP contribution in [0.1, 0.15) is 12.6 Å². The predicted octanol–water partition coefficient (Wildman–Crippen LogP) is 1.53. The molecule has 2 rings (SSSR count). The maximum atomic E-state index is 12.5. The van der Waals surface area contributed by atoms with Crippen LogP contribution in [-0.2, 0) is 21.4 Å². The SMILES string of the molecule is COc1ccc(NC(C)=O)cc1S(=O)(=O)NCc1ccccn1. The highest BCUT2D eigenvalue weighted by Gasteiger charge is 2.20. The van der Waals surface area contributed by atoms with Crippen LogP contribution in [0, 0.1) is 0 Å². The van der Waals surface area contributed by atoms with Crippen molar-refractivity contribution >= 4 is 21.6 Å². The highest BCUT2D eigenvalue weighted by molar-refractivity contribution is 7.89. The Hall–Kier alpha value is -2.45. The summed E-state index contributed by atoms with van der Waals surface area (Å²) >= 11 is 0. The molecule has 0 bridgehead atoms. The van der Waals surface area contributed by atoms with E-state index in [1.54, 1.807) is 30.5 Å². The third-order valence-electron chi connectivity index (χ3n) is 2.94. The lowest BCUT2D eigenvalue weighted by Crippen LogP contribution is -2.24. The number of carbonyl (C=O) groups is 1. The lowest BCUT2D eigenvalue weighted by Gasteiger charge is -2.12. The second-order valence-corrected chi connectivity index (χ2v) is 6.43. The smallest absolute Gasteiger partial charge is 0.244 e. The second kappa shape index (κ2) is 7.21. The normalized spacial score (nSPS) is 11.0. The average molecular weight is 335 g/mol. The zero-order valence-corrected chi connectivity index (χ0v) is 13.6. The molecular formula is C15H17N3O4S. The summed E-state index contributed by atoms with van der Waals surface area (Å²) in [6.45, 7) is 1.40. The number of ether oxygens (including phenoxy) is 1. The summed E-state index contributed by atoms with van der Waals surface area (Å²) < 4.78 is 32.5. The van der Waals surface area contributed by atoms with E-state index in [1.165, 1.54) is 26.2 Å². The number of sulfonamides is 1. The predicted molar refractivity (Wildman–Crippen MR) is 85.6 cm³/mol. The summed E-state index contributed by atoms with van der Waals surface area (Å²) in [5, 5.41) is 2.54. The van der Waals surface area contributed by atoms with E-state index in [-0.39, 0.29) is 23.1 Å². The van der Waals surface area contributed by atoms with E-state index in [0.29, 0.717) is 11.4 Å². The third kappa shape index (κ3) is 4.51. The summed E-state index contributed by atoms with van der Waals surface area (Å²) in [6, 6.07) is 9.64. The topological polar surface area (TPSA) is 97.4 Å². The van der Waals surface area contributed by atoms with Crippen molar-refractivity contribution in [2.24, 2.45) is 0 Å². The molecular weight excluding hydrogens is 318 g/mol. The Kier molecular flexibility index (Phi) is 5.30. The Bertz CT molecular complexity index is 792. The molecule has 0 atom stereocenters. The number of hydrogen-bond donors (Lipinski definition) is 2. The van der Waals surface area contributed by atoms with Crippen molar-refractivity contribution in [1.82, 2.24) is 9.71 Å². The van der Waals surface area contributed by atoms with Crippen molar-refractivity contribution in [2.45, 2.75) is 18.4 Å². The van der Waals surface area contributed by atoms with Crippen LogP contribution in [0.2, 0.25) is 0 Å². The van der Waals surface area contributed by atoms with Gasteiger partial charge in [0.25, 0.3) is 0 Å². The molecule has 2 N–H and O–H groups in total. The Morgan fingerprint density at radius 2 is 2.04 bits per heavy atom. The second-order valence-electron chi connectivity index (χ2n) is 4.69. The minimum atomic E-state index is -3.83. The number of benzene rings is 1. The number of nitrogens with zero attached hydrogens (tertiary/aromatic N) is 1. The quantitative estimate of drug-likeness (QED) is 0.834. The summed E-state index contributed by atoms with van der Waals surface area (Å²) in [4.78, 5) is 15.1. The van der Waals surface area contributed by atoms with Crippen LogP contribution in [0.5, 0.6) is 5.75 Å². The van der Waals surface area contributed by atoms with Gasteiger partial charge in [0.05, 0.1) is 19.3 Å². The van der Waals surface area contributed by atoms with E-state index in [9.17, 15) is 13.2 Å². The Morgan fingerprint density at radius 1 is 1.26 bits per heavy atom. The first-order valence-corrected chi connectivity index (χ1v) is 8.26. The fraction of sp³-hybridized carbons (Fsp3) is 0.200. The summed E-state index contributed by atoms with van der Waals surface area (Å²) in [6.07, 6.45) is 1.58. The minimum absolute atomic E-state index is 0.0523. The molecule has 1 amide bonds. The van der Waals surface area contributed by atoms with Gasteiger partial charge < -0.3 is 10.1 Å². The number of carbonyl (C=O) groups excluding carboxylic acids is 1. The molecule has 0 saturated heterocycles. The Balaban J connectivity index is 2.28. The first-order valence-electron chi connectivity index (χ1n) is 6.77. The van der Waals surface area contributed by atoms with Crippen LogP contribution in [0.25, 0.3) is 0 Å². The van der Waals surface area contributed by atoms with Crippen LogP contribution in [-0.4, -0.2) is 26.4 Å². The van der Waals surface area contributed by atoms with E-state index in [4.69, 9.17) is 4.74 Å². The number of aromatic nitrogens is 1. The van der Waals surface area contributed by atoms with Crippen molar-refractivity contribution in [2.75, 3.05) is 12.4 Å². The molecule has 0 unspecified atom stereocenters. The first-order chi connectivity index (χ1) is 10.9. The zero-order valence-electron chi connectivity index (χ0n) is 12.7. The van der Waals surface area contributed by atoms with E-state index < -0.39 is 10.0 Å².